The Morgan fingerprint density at radius 3 is 2.38 bits per heavy atom. The lowest BCUT2D eigenvalue weighted by Gasteiger charge is -2.15. The predicted octanol–water partition coefficient (Wildman–Crippen LogP) is 1.88. The number of hydrogen-bond donors (Lipinski definition) is 1. The number of nitrogens with two attached hydrogens (primary N) is 1. The van der Waals surface area contributed by atoms with E-state index in [1.54, 1.807) is 4.90 Å². The standard InChI is InChI=1S/C11H11BrN4/c12-10-2-1-9(7-11(10)15)8-16(5-3-13)6-4-14/h1-2,7H,5-6,8,15H2. The number of nitrogen functional groups attached to an aromatic ring is 1. The van der Waals surface area contributed by atoms with Crippen LogP contribution in [0.25, 0.3) is 0 Å². The molecule has 2 N–H and O–H groups in total. The van der Waals surface area contributed by atoms with Crippen molar-refractivity contribution < 1.29 is 0 Å². The Morgan fingerprint density at radius 1 is 1.25 bits per heavy atom. The highest BCUT2D eigenvalue weighted by Gasteiger charge is 2.05. The summed E-state index contributed by atoms with van der Waals surface area (Å²) in [6.45, 7) is 1.03. The van der Waals surface area contributed by atoms with Gasteiger partial charge in [0.05, 0.1) is 25.2 Å². The fourth-order valence-corrected chi connectivity index (χ4v) is 1.56. The van der Waals surface area contributed by atoms with Crippen LogP contribution >= 0.6 is 15.9 Å². The molecule has 1 rings (SSSR count). The zero-order valence-electron chi connectivity index (χ0n) is 8.65. The molecule has 0 aromatic heterocycles. The molecule has 82 valence electrons. The molecule has 0 aliphatic heterocycles. The van der Waals surface area contributed by atoms with E-state index in [1.165, 1.54) is 0 Å². The van der Waals surface area contributed by atoms with Gasteiger partial charge in [0, 0.05) is 16.7 Å². The zero-order valence-corrected chi connectivity index (χ0v) is 10.2. The number of benzene rings is 1. The van der Waals surface area contributed by atoms with Crippen LogP contribution in [0.1, 0.15) is 5.56 Å². The molecule has 0 aliphatic rings. The molecule has 0 amide bonds. The summed E-state index contributed by atoms with van der Waals surface area (Å²) in [6.07, 6.45) is 0. The Morgan fingerprint density at radius 2 is 1.88 bits per heavy atom. The maximum atomic E-state index is 8.61. The van der Waals surface area contributed by atoms with Gasteiger partial charge in [-0.1, -0.05) is 6.07 Å². The predicted molar refractivity (Wildman–Crippen MR) is 65.1 cm³/mol. The molecule has 16 heavy (non-hydrogen) atoms. The van der Waals surface area contributed by atoms with Crippen molar-refractivity contribution in [2.45, 2.75) is 6.54 Å². The molecule has 1 aromatic rings. The average molecular weight is 279 g/mol. The number of anilines is 1. The van der Waals surface area contributed by atoms with Crippen molar-refractivity contribution in [2.24, 2.45) is 0 Å². The first-order valence-corrected chi connectivity index (χ1v) is 5.47. The molecule has 0 saturated carbocycles. The van der Waals surface area contributed by atoms with Crippen molar-refractivity contribution >= 4 is 21.6 Å². The van der Waals surface area contributed by atoms with E-state index in [9.17, 15) is 0 Å². The third-order valence-corrected chi connectivity index (χ3v) is 2.78. The normalized spacial score (nSPS) is 9.75. The van der Waals surface area contributed by atoms with Gasteiger partial charge in [0.25, 0.3) is 0 Å². The Kier molecular flexibility index (Phi) is 4.78. The van der Waals surface area contributed by atoms with Gasteiger partial charge in [0.1, 0.15) is 0 Å². The highest BCUT2D eigenvalue weighted by atomic mass is 79.9. The van der Waals surface area contributed by atoms with Crippen molar-refractivity contribution in [1.29, 1.82) is 10.5 Å². The van der Waals surface area contributed by atoms with E-state index in [1.807, 2.05) is 30.3 Å². The first-order chi connectivity index (χ1) is 7.67. The van der Waals surface area contributed by atoms with Crippen molar-refractivity contribution in [3.05, 3.63) is 28.2 Å². The SMILES string of the molecule is N#CCN(CC#N)Cc1ccc(Br)c(N)c1. The topological polar surface area (TPSA) is 76.8 Å². The lowest BCUT2D eigenvalue weighted by atomic mass is 10.2. The van der Waals surface area contributed by atoms with Gasteiger partial charge >= 0.3 is 0 Å². The largest absolute Gasteiger partial charge is 0.398 e. The fourth-order valence-electron chi connectivity index (χ4n) is 1.32. The summed E-state index contributed by atoms with van der Waals surface area (Å²) in [7, 11) is 0. The third kappa shape index (κ3) is 3.54. The van der Waals surface area contributed by atoms with Crippen LogP contribution < -0.4 is 5.73 Å². The first-order valence-electron chi connectivity index (χ1n) is 4.67. The Labute approximate surface area is 103 Å². The summed E-state index contributed by atoms with van der Waals surface area (Å²) in [4.78, 5) is 1.75. The van der Waals surface area contributed by atoms with Gasteiger partial charge in [-0.25, -0.2) is 0 Å². The van der Waals surface area contributed by atoms with Gasteiger partial charge in [0.2, 0.25) is 0 Å². The molecule has 1 aromatic carbocycles. The molecule has 0 atom stereocenters. The maximum absolute atomic E-state index is 8.61. The van der Waals surface area contributed by atoms with Crippen LogP contribution in [0.5, 0.6) is 0 Å². The van der Waals surface area contributed by atoms with Crippen LogP contribution in [0.3, 0.4) is 0 Å². The summed E-state index contributed by atoms with van der Waals surface area (Å²) < 4.78 is 0.850. The summed E-state index contributed by atoms with van der Waals surface area (Å²) in [5.74, 6) is 0. The summed E-state index contributed by atoms with van der Waals surface area (Å²) in [5, 5.41) is 17.2. The quantitative estimate of drug-likeness (QED) is 0.674. The molecular formula is C11H11BrN4. The number of rotatable bonds is 4. The zero-order chi connectivity index (χ0) is 12.0. The number of halogens is 1. The monoisotopic (exact) mass is 278 g/mol. The average Bonchev–Trinajstić information content (AvgIpc) is 2.24. The van der Waals surface area contributed by atoms with E-state index in [-0.39, 0.29) is 13.1 Å². The second-order valence-electron chi connectivity index (χ2n) is 3.32. The highest BCUT2D eigenvalue weighted by Crippen LogP contribution is 2.20. The lowest BCUT2D eigenvalue weighted by Crippen LogP contribution is -2.23. The summed E-state index contributed by atoms with van der Waals surface area (Å²) >= 11 is 3.31. The number of nitrogens with zero attached hydrogens (tertiary/aromatic N) is 3. The van der Waals surface area contributed by atoms with Gasteiger partial charge in [0.15, 0.2) is 0 Å². The molecule has 0 unspecified atom stereocenters. The molecule has 4 nitrogen and oxygen atoms in total. The van der Waals surface area contributed by atoms with Crippen LogP contribution in [-0.4, -0.2) is 18.0 Å². The fraction of sp³-hybridized carbons (Fsp3) is 0.273. The molecule has 0 aliphatic carbocycles. The Balaban J connectivity index is 2.74. The second-order valence-corrected chi connectivity index (χ2v) is 4.17. The van der Waals surface area contributed by atoms with Crippen molar-refractivity contribution in [3.8, 4) is 12.1 Å². The molecule has 0 heterocycles. The van der Waals surface area contributed by atoms with E-state index in [4.69, 9.17) is 16.3 Å². The van der Waals surface area contributed by atoms with Gasteiger partial charge in [-0.15, -0.1) is 0 Å². The van der Waals surface area contributed by atoms with Crippen LogP contribution in [0.4, 0.5) is 5.69 Å². The van der Waals surface area contributed by atoms with Gasteiger partial charge in [-0.2, -0.15) is 10.5 Å². The van der Waals surface area contributed by atoms with Crippen LogP contribution in [0.15, 0.2) is 22.7 Å². The Hall–Kier alpha value is -1.56. The van der Waals surface area contributed by atoms with Crippen molar-refractivity contribution in [1.82, 2.24) is 4.90 Å². The molecule has 0 radical (unpaired) electrons. The smallest absolute Gasteiger partial charge is 0.0877 e. The minimum atomic E-state index is 0.240. The van der Waals surface area contributed by atoms with E-state index in [0.29, 0.717) is 12.2 Å². The van der Waals surface area contributed by atoms with E-state index >= 15 is 0 Å². The summed E-state index contributed by atoms with van der Waals surface area (Å²) in [6, 6.07) is 9.69. The van der Waals surface area contributed by atoms with Crippen molar-refractivity contribution in [2.75, 3.05) is 18.8 Å². The molecule has 5 heteroatoms. The summed E-state index contributed by atoms with van der Waals surface area (Å²) in [5.41, 5.74) is 7.40. The van der Waals surface area contributed by atoms with Crippen LogP contribution in [0, 0.1) is 22.7 Å². The van der Waals surface area contributed by atoms with E-state index in [0.717, 1.165) is 10.0 Å². The van der Waals surface area contributed by atoms with Crippen LogP contribution in [-0.2, 0) is 6.54 Å². The van der Waals surface area contributed by atoms with Crippen molar-refractivity contribution in [3.63, 3.8) is 0 Å². The molecule has 0 spiro atoms. The number of hydrogen-bond acceptors (Lipinski definition) is 4. The third-order valence-electron chi connectivity index (χ3n) is 2.06. The van der Waals surface area contributed by atoms with E-state index in [2.05, 4.69) is 15.9 Å². The lowest BCUT2D eigenvalue weighted by molar-refractivity contribution is 0.335. The maximum Gasteiger partial charge on any atom is 0.0877 e. The highest BCUT2D eigenvalue weighted by molar-refractivity contribution is 9.10. The second kappa shape index (κ2) is 6.12. The first kappa shape index (κ1) is 12.5. The molecule has 0 bridgehead atoms. The van der Waals surface area contributed by atoms with Crippen LogP contribution in [0.2, 0.25) is 0 Å². The minimum Gasteiger partial charge on any atom is -0.398 e. The number of nitriles is 2. The molecular weight excluding hydrogens is 268 g/mol. The van der Waals surface area contributed by atoms with Gasteiger partial charge < -0.3 is 5.73 Å². The van der Waals surface area contributed by atoms with Gasteiger partial charge in [-0.3, -0.25) is 4.90 Å². The Bertz CT molecular complexity index is 428. The molecule has 0 fully saturated rings. The molecule has 0 saturated heterocycles. The van der Waals surface area contributed by atoms with E-state index < -0.39 is 0 Å². The van der Waals surface area contributed by atoms with Gasteiger partial charge in [-0.05, 0) is 33.6 Å². The minimum absolute atomic E-state index is 0.240.